The highest BCUT2D eigenvalue weighted by molar-refractivity contribution is 5.12. The van der Waals surface area contributed by atoms with Gasteiger partial charge in [0, 0.05) is 0 Å². The van der Waals surface area contributed by atoms with Gasteiger partial charge in [-0.15, -0.1) is 0 Å². The summed E-state index contributed by atoms with van der Waals surface area (Å²) < 4.78 is 0. The van der Waals surface area contributed by atoms with Crippen LogP contribution in [0.3, 0.4) is 0 Å². The molecule has 0 aromatic heterocycles. The lowest BCUT2D eigenvalue weighted by Gasteiger charge is -2.27. The standard InChI is InChI=1S/C20H34O3/c1-15(2)17-8-12-19(4,22)11-6-7-16(3)18(21)10-14-20(5,23)13-9-17/h6,9,11,13,15,17-18,21-23H,3,7-8,10,12,14H2,1-2,4-5H3/b11-6+,13-9+/t17-,18?,19+,20+/m1/s1. The number of hydrogen-bond acceptors (Lipinski definition) is 3. The number of aliphatic hydroxyl groups excluding tert-OH is 1. The first-order chi connectivity index (χ1) is 10.5. The van der Waals surface area contributed by atoms with Gasteiger partial charge >= 0.3 is 0 Å². The maximum Gasteiger partial charge on any atom is 0.0800 e. The van der Waals surface area contributed by atoms with E-state index < -0.39 is 17.3 Å². The third-order valence-corrected chi connectivity index (χ3v) is 4.79. The summed E-state index contributed by atoms with van der Waals surface area (Å²) in [7, 11) is 0. The Labute approximate surface area is 141 Å². The predicted molar refractivity (Wildman–Crippen MR) is 96.1 cm³/mol. The molecule has 1 aliphatic rings. The fraction of sp³-hybridized carbons (Fsp3) is 0.700. The third kappa shape index (κ3) is 7.47. The van der Waals surface area contributed by atoms with E-state index in [1.807, 2.05) is 25.2 Å². The van der Waals surface area contributed by atoms with Crippen LogP contribution >= 0.6 is 0 Å². The highest BCUT2D eigenvalue weighted by Gasteiger charge is 2.23. The Morgan fingerprint density at radius 2 is 1.65 bits per heavy atom. The van der Waals surface area contributed by atoms with Crippen molar-refractivity contribution in [1.82, 2.24) is 0 Å². The molecule has 1 rings (SSSR count). The molecule has 23 heavy (non-hydrogen) atoms. The second-order valence-corrected chi connectivity index (χ2v) is 7.84. The normalized spacial score (nSPS) is 40.6. The van der Waals surface area contributed by atoms with Crippen LogP contribution in [-0.2, 0) is 0 Å². The second kappa shape index (κ2) is 8.27. The van der Waals surface area contributed by atoms with Gasteiger partial charge < -0.3 is 15.3 Å². The molecule has 0 heterocycles. The molecule has 3 heteroatoms. The molecule has 3 N–H and O–H groups in total. The Kier molecular flexibility index (Phi) is 7.25. The Balaban J connectivity index is 2.98. The summed E-state index contributed by atoms with van der Waals surface area (Å²) >= 11 is 0. The lowest BCUT2D eigenvalue weighted by Crippen LogP contribution is -2.26. The molecule has 0 spiro atoms. The summed E-state index contributed by atoms with van der Waals surface area (Å²) in [5, 5.41) is 31.1. The van der Waals surface area contributed by atoms with E-state index in [0.717, 1.165) is 6.42 Å². The Hall–Kier alpha value is -0.900. The van der Waals surface area contributed by atoms with Crippen molar-refractivity contribution in [2.75, 3.05) is 0 Å². The minimum atomic E-state index is -0.934. The molecule has 0 fully saturated rings. The van der Waals surface area contributed by atoms with Crippen LogP contribution < -0.4 is 0 Å². The van der Waals surface area contributed by atoms with Gasteiger partial charge in [-0.3, -0.25) is 0 Å². The maximum atomic E-state index is 10.5. The fourth-order valence-electron chi connectivity index (χ4n) is 2.84. The predicted octanol–water partition coefficient (Wildman–Crippen LogP) is 3.75. The van der Waals surface area contributed by atoms with E-state index in [1.165, 1.54) is 0 Å². The van der Waals surface area contributed by atoms with E-state index in [1.54, 1.807) is 6.92 Å². The summed E-state index contributed by atoms with van der Waals surface area (Å²) in [5.41, 5.74) is -1.08. The van der Waals surface area contributed by atoms with Gasteiger partial charge in [-0.1, -0.05) is 44.7 Å². The molecule has 0 bridgehead atoms. The maximum absolute atomic E-state index is 10.5. The second-order valence-electron chi connectivity index (χ2n) is 7.84. The Bertz CT molecular complexity index is 444. The van der Waals surface area contributed by atoms with Gasteiger partial charge in [0.2, 0.25) is 0 Å². The lowest BCUT2D eigenvalue weighted by molar-refractivity contribution is 0.0783. The third-order valence-electron chi connectivity index (χ3n) is 4.79. The first-order valence-corrected chi connectivity index (χ1v) is 8.70. The number of aliphatic hydroxyl groups is 3. The fourth-order valence-corrected chi connectivity index (χ4v) is 2.84. The molecular formula is C20H34O3. The summed E-state index contributed by atoms with van der Waals surface area (Å²) in [6.07, 6.45) is 10.0. The van der Waals surface area contributed by atoms with Crippen LogP contribution in [0.25, 0.3) is 0 Å². The van der Waals surface area contributed by atoms with Crippen molar-refractivity contribution in [2.45, 2.75) is 77.1 Å². The van der Waals surface area contributed by atoms with Gasteiger partial charge in [-0.2, -0.15) is 0 Å². The highest BCUT2D eigenvalue weighted by atomic mass is 16.3. The average Bonchev–Trinajstić information content (AvgIpc) is 2.43. The number of allylic oxidation sites excluding steroid dienone is 2. The molecule has 0 aliphatic heterocycles. The molecule has 0 radical (unpaired) electrons. The van der Waals surface area contributed by atoms with Gasteiger partial charge in [0.1, 0.15) is 0 Å². The minimum Gasteiger partial charge on any atom is -0.389 e. The summed E-state index contributed by atoms with van der Waals surface area (Å²) in [5.74, 6) is 0.754. The first kappa shape index (κ1) is 20.1. The van der Waals surface area contributed by atoms with Crippen LogP contribution in [0.15, 0.2) is 36.5 Å². The first-order valence-electron chi connectivity index (χ1n) is 8.70. The molecule has 132 valence electrons. The zero-order chi connectivity index (χ0) is 17.7. The largest absolute Gasteiger partial charge is 0.389 e. The van der Waals surface area contributed by atoms with Gasteiger partial charge in [0.05, 0.1) is 17.3 Å². The quantitative estimate of drug-likeness (QED) is 0.644. The molecule has 0 aromatic carbocycles. The molecule has 0 saturated heterocycles. The smallest absolute Gasteiger partial charge is 0.0800 e. The molecule has 0 aromatic rings. The van der Waals surface area contributed by atoms with Crippen LogP contribution in [-0.4, -0.2) is 32.6 Å². The van der Waals surface area contributed by atoms with Crippen LogP contribution in [0.4, 0.5) is 0 Å². The SMILES string of the molecule is C=C1C/C=C/[C@](C)(O)CC[C@@H](C(C)C)/C=C/[C@](C)(O)CCC1O. The van der Waals surface area contributed by atoms with E-state index >= 15 is 0 Å². The van der Waals surface area contributed by atoms with Gasteiger partial charge in [0.15, 0.2) is 0 Å². The van der Waals surface area contributed by atoms with Crippen molar-refractivity contribution in [1.29, 1.82) is 0 Å². The van der Waals surface area contributed by atoms with E-state index in [4.69, 9.17) is 0 Å². The average molecular weight is 322 g/mol. The Morgan fingerprint density at radius 3 is 2.26 bits per heavy atom. The summed E-state index contributed by atoms with van der Waals surface area (Å²) in [4.78, 5) is 0. The molecule has 3 nitrogen and oxygen atoms in total. The minimum absolute atomic E-state index is 0.309. The number of hydrogen-bond donors (Lipinski definition) is 3. The van der Waals surface area contributed by atoms with Crippen molar-refractivity contribution in [3.63, 3.8) is 0 Å². The van der Waals surface area contributed by atoms with Crippen molar-refractivity contribution >= 4 is 0 Å². The monoisotopic (exact) mass is 322 g/mol. The molecule has 0 amide bonds. The Morgan fingerprint density at radius 1 is 1.09 bits per heavy atom. The molecule has 4 atom stereocenters. The van der Waals surface area contributed by atoms with Crippen LogP contribution in [0.5, 0.6) is 0 Å². The molecule has 1 aliphatic carbocycles. The van der Waals surface area contributed by atoms with Gasteiger partial charge in [0.25, 0.3) is 0 Å². The van der Waals surface area contributed by atoms with E-state index in [9.17, 15) is 15.3 Å². The summed E-state index contributed by atoms with van der Waals surface area (Å²) in [6.45, 7) is 11.8. The topological polar surface area (TPSA) is 60.7 Å². The van der Waals surface area contributed by atoms with Crippen molar-refractivity contribution in [2.24, 2.45) is 11.8 Å². The van der Waals surface area contributed by atoms with E-state index in [2.05, 4.69) is 26.5 Å². The van der Waals surface area contributed by atoms with Crippen molar-refractivity contribution in [3.05, 3.63) is 36.5 Å². The molecule has 1 unspecified atom stereocenters. The van der Waals surface area contributed by atoms with Crippen LogP contribution in [0.2, 0.25) is 0 Å². The van der Waals surface area contributed by atoms with Gasteiger partial charge in [-0.25, -0.2) is 0 Å². The van der Waals surface area contributed by atoms with Crippen LogP contribution in [0.1, 0.15) is 59.8 Å². The van der Waals surface area contributed by atoms with Crippen molar-refractivity contribution in [3.8, 4) is 0 Å². The molecular weight excluding hydrogens is 288 g/mol. The van der Waals surface area contributed by atoms with E-state index in [-0.39, 0.29) is 0 Å². The van der Waals surface area contributed by atoms with Gasteiger partial charge in [-0.05, 0) is 63.4 Å². The number of rotatable bonds is 1. The summed E-state index contributed by atoms with van der Waals surface area (Å²) in [6, 6.07) is 0. The van der Waals surface area contributed by atoms with Crippen LogP contribution in [0, 0.1) is 11.8 Å². The van der Waals surface area contributed by atoms with E-state index in [0.29, 0.717) is 43.1 Å². The zero-order valence-corrected chi connectivity index (χ0v) is 15.1. The lowest BCUT2D eigenvalue weighted by atomic mass is 9.84. The highest BCUT2D eigenvalue weighted by Crippen LogP contribution is 2.27. The molecule has 0 saturated carbocycles. The zero-order valence-electron chi connectivity index (χ0n) is 15.1. The van der Waals surface area contributed by atoms with Crippen molar-refractivity contribution < 1.29 is 15.3 Å².